The largest absolute Gasteiger partial charge is 0.481 e. The Morgan fingerprint density at radius 1 is 1.35 bits per heavy atom. The first-order valence-electron chi connectivity index (χ1n) is 4.82. The number of halogens is 2. The topological polar surface area (TPSA) is 64.3 Å². The van der Waals surface area contributed by atoms with Crippen molar-refractivity contribution in [2.45, 2.75) is 6.42 Å². The van der Waals surface area contributed by atoms with Gasteiger partial charge in [-0.25, -0.2) is 0 Å². The molecule has 1 aromatic carbocycles. The smallest absolute Gasteiger partial charge is 0.305 e. The van der Waals surface area contributed by atoms with Crippen molar-refractivity contribution in [3.05, 3.63) is 28.2 Å². The van der Waals surface area contributed by atoms with E-state index in [2.05, 4.69) is 0 Å². The van der Waals surface area contributed by atoms with Gasteiger partial charge in [-0.3, -0.25) is 4.79 Å². The Kier molecular flexibility index (Phi) is 5.08. The summed E-state index contributed by atoms with van der Waals surface area (Å²) in [7, 11) is 0. The van der Waals surface area contributed by atoms with Crippen molar-refractivity contribution in [2.75, 3.05) is 18.0 Å². The molecule has 4 nitrogen and oxygen atoms in total. The second-order valence-electron chi connectivity index (χ2n) is 3.35. The molecule has 1 aromatic rings. The van der Waals surface area contributed by atoms with Crippen LogP contribution >= 0.6 is 23.2 Å². The van der Waals surface area contributed by atoms with Crippen LogP contribution in [0.2, 0.25) is 10.0 Å². The van der Waals surface area contributed by atoms with Gasteiger partial charge in [-0.2, -0.15) is 5.26 Å². The van der Waals surface area contributed by atoms with E-state index in [1.165, 1.54) is 0 Å². The fourth-order valence-electron chi connectivity index (χ4n) is 1.34. The maximum Gasteiger partial charge on any atom is 0.305 e. The van der Waals surface area contributed by atoms with Crippen LogP contribution in [0, 0.1) is 11.3 Å². The number of hydrogen-bond acceptors (Lipinski definition) is 3. The zero-order valence-corrected chi connectivity index (χ0v) is 10.4. The van der Waals surface area contributed by atoms with Crippen molar-refractivity contribution < 1.29 is 9.90 Å². The second kappa shape index (κ2) is 6.33. The van der Waals surface area contributed by atoms with Gasteiger partial charge in [0.1, 0.15) is 6.54 Å². The standard InChI is InChI=1S/C11H10Cl2N2O2/c12-8-5-9(13)7-10(6-8)15(4-2-14)3-1-11(16)17/h5-7H,1,3-4H2,(H,16,17). The van der Waals surface area contributed by atoms with Gasteiger partial charge in [0.05, 0.1) is 12.5 Å². The molecule has 17 heavy (non-hydrogen) atoms. The zero-order chi connectivity index (χ0) is 12.8. The number of nitriles is 1. The van der Waals surface area contributed by atoms with E-state index in [0.717, 1.165) is 0 Å². The molecule has 0 aliphatic heterocycles. The SMILES string of the molecule is N#CCN(CCC(=O)O)c1cc(Cl)cc(Cl)c1. The lowest BCUT2D eigenvalue weighted by molar-refractivity contribution is -0.136. The van der Waals surface area contributed by atoms with Crippen LogP contribution in [0.1, 0.15) is 6.42 Å². The molecule has 0 saturated heterocycles. The Morgan fingerprint density at radius 3 is 2.41 bits per heavy atom. The van der Waals surface area contributed by atoms with Crippen LogP contribution in [0.15, 0.2) is 18.2 Å². The zero-order valence-electron chi connectivity index (χ0n) is 8.86. The Hall–Kier alpha value is -1.44. The predicted molar refractivity (Wildman–Crippen MR) is 66.5 cm³/mol. The molecule has 6 heteroatoms. The highest BCUT2D eigenvalue weighted by atomic mass is 35.5. The number of benzene rings is 1. The summed E-state index contributed by atoms with van der Waals surface area (Å²) in [5.41, 5.74) is 0.644. The van der Waals surface area contributed by atoms with E-state index >= 15 is 0 Å². The molecule has 0 radical (unpaired) electrons. The van der Waals surface area contributed by atoms with Crippen molar-refractivity contribution in [1.29, 1.82) is 5.26 Å². The van der Waals surface area contributed by atoms with Crippen LogP contribution in [0.3, 0.4) is 0 Å². The van der Waals surface area contributed by atoms with Gasteiger partial charge in [-0.15, -0.1) is 0 Å². The highest BCUT2D eigenvalue weighted by molar-refractivity contribution is 6.35. The molecular formula is C11H10Cl2N2O2. The molecule has 0 atom stereocenters. The van der Waals surface area contributed by atoms with Gasteiger partial charge in [0.15, 0.2) is 0 Å². The van der Waals surface area contributed by atoms with E-state index in [1.807, 2.05) is 6.07 Å². The average Bonchev–Trinajstić information content (AvgIpc) is 2.22. The predicted octanol–water partition coefficient (Wildman–Crippen LogP) is 2.80. The summed E-state index contributed by atoms with van der Waals surface area (Å²) >= 11 is 11.7. The van der Waals surface area contributed by atoms with Crippen LogP contribution in [0.5, 0.6) is 0 Å². The summed E-state index contributed by atoms with van der Waals surface area (Å²) in [4.78, 5) is 12.1. The fourth-order valence-corrected chi connectivity index (χ4v) is 1.85. The van der Waals surface area contributed by atoms with Gasteiger partial charge in [0, 0.05) is 22.3 Å². The molecule has 90 valence electrons. The van der Waals surface area contributed by atoms with Gasteiger partial charge in [0.2, 0.25) is 0 Å². The van der Waals surface area contributed by atoms with Crippen molar-refractivity contribution in [3.8, 4) is 6.07 Å². The van der Waals surface area contributed by atoms with E-state index in [9.17, 15) is 4.79 Å². The number of carbonyl (C=O) groups is 1. The highest BCUT2D eigenvalue weighted by Gasteiger charge is 2.09. The number of rotatable bonds is 5. The summed E-state index contributed by atoms with van der Waals surface area (Å²) in [6, 6.07) is 6.84. The Bertz CT molecular complexity index is 437. The number of hydrogen-bond donors (Lipinski definition) is 1. The average molecular weight is 273 g/mol. The molecule has 0 spiro atoms. The fraction of sp³-hybridized carbons (Fsp3) is 0.273. The lowest BCUT2D eigenvalue weighted by Crippen LogP contribution is -2.26. The van der Waals surface area contributed by atoms with E-state index in [0.29, 0.717) is 15.7 Å². The first-order chi connectivity index (χ1) is 8.02. The number of aliphatic carboxylic acids is 1. The molecule has 0 aromatic heterocycles. The molecule has 1 rings (SSSR count). The summed E-state index contributed by atoms with van der Waals surface area (Å²) in [5.74, 6) is -0.916. The molecule has 0 heterocycles. The van der Waals surface area contributed by atoms with E-state index < -0.39 is 5.97 Å². The highest BCUT2D eigenvalue weighted by Crippen LogP contribution is 2.25. The van der Waals surface area contributed by atoms with E-state index in [1.54, 1.807) is 23.1 Å². The van der Waals surface area contributed by atoms with Crippen LogP contribution < -0.4 is 4.90 Å². The van der Waals surface area contributed by atoms with Crippen molar-refractivity contribution in [3.63, 3.8) is 0 Å². The quantitative estimate of drug-likeness (QED) is 0.838. The lowest BCUT2D eigenvalue weighted by atomic mass is 10.2. The molecule has 0 unspecified atom stereocenters. The maximum atomic E-state index is 10.5. The first kappa shape index (κ1) is 13.6. The van der Waals surface area contributed by atoms with Gasteiger partial charge in [-0.1, -0.05) is 23.2 Å². The van der Waals surface area contributed by atoms with Gasteiger partial charge in [0.25, 0.3) is 0 Å². The van der Waals surface area contributed by atoms with Crippen molar-refractivity contribution in [1.82, 2.24) is 0 Å². The molecule has 0 aliphatic rings. The summed E-state index contributed by atoms with van der Waals surface area (Å²) in [6.45, 7) is 0.323. The van der Waals surface area contributed by atoms with Crippen molar-refractivity contribution in [2.24, 2.45) is 0 Å². The summed E-state index contributed by atoms with van der Waals surface area (Å²) in [5, 5.41) is 18.2. The van der Waals surface area contributed by atoms with Crippen LogP contribution in [0.25, 0.3) is 0 Å². The summed E-state index contributed by atoms with van der Waals surface area (Å²) < 4.78 is 0. The molecule has 0 bridgehead atoms. The number of carboxylic acid groups (broad SMARTS) is 1. The minimum atomic E-state index is -0.916. The Morgan fingerprint density at radius 2 is 1.94 bits per heavy atom. The minimum absolute atomic E-state index is 0.0498. The summed E-state index contributed by atoms with van der Waals surface area (Å²) in [6.07, 6.45) is -0.0498. The Labute approximate surface area is 109 Å². The molecular weight excluding hydrogens is 263 g/mol. The van der Waals surface area contributed by atoms with Crippen LogP contribution in [-0.2, 0) is 4.79 Å². The first-order valence-corrected chi connectivity index (χ1v) is 5.58. The van der Waals surface area contributed by atoms with Gasteiger partial charge < -0.3 is 10.0 Å². The molecule has 1 N–H and O–H groups in total. The molecule has 0 amide bonds. The van der Waals surface area contributed by atoms with Crippen LogP contribution in [0.4, 0.5) is 5.69 Å². The third-order valence-corrected chi connectivity index (χ3v) is 2.51. The monoisotopic (exact) mass is 272 g/mol. The van der Waals surface area contributed by atoms with Gasteiger partial charge >= 0.3 is 5.97 Å². The van der Waals surface area contributed by atoms with Gasteiger partial charge in [-0.05, 0) is 18.2 Å². The third kappa shape index (κ3) is 4.51. The van der Waals surface area contributed by atoms with E-state index in [4.69, 9.17) is 33.6 Å². The number of carboxylic acids is 1. The van der Waals surface area contributed by atoms with Crippen molar-refractivity contribution >= 4 is 34.9 Å². The third-order valence-electron chi connectivity index (χ3n) is 2.07. The number of nitrogens with zero attached hydrogens (tertiary/aromatic N) is 2. The molecule has 0 saturated carbocycles. The second-order valence-corrected chi connectivity index (χ2v) is 4.22. The lowest BCUT2D eigenvalue weighted by Gasteiger charge is -2.21. The number of anilines is 1. The molecule has 0 aliphatic carbocycles. The van der Waals surface area contributed by atoms with E-state index in [-0.39, 0.29) is 19.5 Å². The maximum absolute atomic E-state index is 10.5. The molecule has 0 fully saturated rings. The van der Waals surface area contributed by atoms with Crippen LogP contribution in [-0.4, -0.2) is 24.2 Å². The normalized spacial score (nSPS) is 9.71. The Balaban J connectivity index is 2.89. The minimum Gasteiger partial charge on any atom is -0.481 e.